The van der Waals surface area contributed by atoms with Gasteiger partial charge in [0.1, 0.15) is 23.5 Å². The highest BCUT2D eigenvalue weighted by atomic mass is 19.4. The van der Waals surface area contributed by atoms with E-state index in [1.54, 1.807) is 0 Å². The van der Waals surface area contributed by atoms with Crippen LogP contribution in [0.25, 0.3) is 0 Å². The second-order valence-corrected chi connectivity index (χ2v) is 10.1. The van der Waals surface area contributed by atoms with Gasteiger partial charge in [0, 0.05) is 18.7 Å². The van der Waals surface area contributed by atoms with Crippen LogP contribution in [-0.4, -0.2) is 38.0 Å². The number of alkyl halides is 3. The zero-order chi connectivity index (χ0) is 27.9. The molecule has 2 aliphatic rings. The van der Waals surface area contributed by atoms with Gasteiger partial charge in [-0.1, -0.05) is 0 Å². The molecule has 39 heavy (non-hydrogen) atoms. The van der Waals surface area contributed by atoms with Crippen LogP contribution in [0.5, 0.6) is 11.6 Å². The average Bonchev–Trinajstić information content (AvgIpc) is 2.88. The second kappa shape index (κ2) is 10.2. The number of nitrogens with zero attached hydrogens (tertiary/aromatic N) is 5. The van der Waals surface area contributed by atoms with Crippen molar-refractivity contribution >= 4 is 5.69 Å². The van der Waals surface area contributed by atoms with E-state index in [2.05, 4.69) is 15.1 Å². The van der Waals surface area contributed by atoms with E-state index >= 15 is 0 Å². The highest BCUT2D eigenvalue weighted by Gasteiger charge is 2.36. The van der Waals surface area contributed by atoms with Crippen molar-refractivity contribution in [2.45, 2.75) is 64.1 Å². The van der Waals surface area contributed by atoms with Crippen molar-refractivity contribution in [1.82, 2.24) is 19.7 Å². The summed E-state index contributed by atoms with van der Waals surface area (Å²) in [6, 6.07) is 2.16. The number of hydrogen-bond acceptors (Lipinski definition) is 8. The van der Waals surface area contributed by atoms with Crippen LogP contribution in [0.3, 0.4) is 0 Å². The number of ether oxygens (including phenoxy) is 2. The van der Waals surface area contributed by atoms with Crippen molar-refractivity contribution in [2.24, 2.45) is 0 Å². The maximum atomic E-state index is 13.5. The largest absolute Gasteiger partial charge is 0.438 e. The van der Waals surface area contributed by atoms with Gasteiger partial charge in [-0.25, -0.2) is 19.0 Å². The monoisotopic (exact) mass is 549 g/mol. The van der Waals surface area contributed by atoms with Gasteiger partial charge in [-0.3, -0.25) is 4.79 Å². The van der Waals surface area contributed by atoms with Crippen LogP contribution >= 0.6 is 0 Å². The third kappa shape index (κ3) is 5.46. The third-order valence-electron chi connectivity index (χ3n) is 6.78. The Bertz CT molecular complexity index is 1430. The zero-order valence-electron chi connectivity index (χ0n) is 21.3. The minimum atomic E-state index is -4.83. The lowest BCUT2D eigenvalue weighted by Gasteiger charge is -2.34. The molecule has 5 rings (SSSR count). The van der Waals surface area contributed by atoms with E-state index in [0.717, 1.165) is 25.0 Å². The first-order valence-corrected chi connectivity index (χ1v) is 12.5. The summed E-state index contributed by atoms with van der Waals surface area (Å²) in [6.45, 7) is 4.05. The lowest BCUT2D eigenvalue weighted by atomic mass is 9.96. The number of anilines is 1. The summed E-state index contributed by atoms with van der Waals surface area (Å²) in [5.41, 5.74) is -1.67. The minimum absolute atomic E-state index is 0.0672. The summed E-state index contributed by atoms with van der Waals surface area (Å²) in [7, 11) is 0. The maximum absolute atomic E-state index is 13.5. The Morgan fingerprint density at radius 3 is 2.67 bits per heavy atom. The molecule has 0 aliphatic carbocycles. The summed E-state index contributed by atoms with van der Waals surface area (Å²) >= 11 is 0. The molecule has 1 unspecified atom stereocenters. The highest BCUT2D eigenvalue weighted by Crippen LogP contribution is 2.40. The smallest absolute Gasteiger partial charge is 0.420 e. The lowest BCUT2D eigenvalue weighted by molar-refractivity contribution is -0.138. The van der Waals surface area contributed by atoms with Gasteiger partial charge in [0.25, 0.3) is 5.56 Å². The van der Waals surface area contributed by atoms with Crippen LogP contribution in [-0.2, 0) is 29.5 Å². The summed E-state index contributed by atoms with van der Waals surface area (Å²) in [5.74, 6) is -1.68. The van der Waals surface area contributed by atoms with Crippen LogP contribution in [0.4, 0.5) is 23.2 Å². The summed E-state index contributed by atoms with van der Waals surface area (Å²) in [5, 5.41) is 15.3. The molecule has 9 nitrogen and oxygen atoms in total. The Morgan fingerprint density at radius 2 is 1.97 bits per heavy atom. The first-order chi connectivity index (χ1) is 18.4. The average molecular weight is 550 g/mol. The summed E-state index contributed by atoms with van der Waals surface area (Å²) in [4.78, 5) is 23.6. The van der Waals surface area contributed by atoms with E-state index in [0.29, 0.717) is 42.6 Å². The molecule has 13 heteroatoms. The van der Waals surface area contributed by atoms with E-state index in [-0.39, 0.29) is 24.4 Å². The molecule has 3 aromatic rings. The van der Waals surface area contributed by atoms with Gasteiger partial charge in [0.05, 0.1) is 35.3 Å². The van der Waals surface area contributed by atoms with Crippen molar-refractivity contribution in [2.75, 3.05) is 18.1 Å². The third-order valence-corrected chi connectivity index (χ3v) is 6.78. The van der Waals surface area contributed by atoms with Gasteiger partial charge in [-0.2, -0.15) is 18.3 Å². The first kappa shape index (κ1) is 27.0. The SMILES string of the molecule is CC(C)(O)c1c(N2CCc3c(ncnc3Oc3ccc(F)cc3C(F)(F)F)C2)cnn(C2CCCCO2)c1=O. The molecule has 1 aromatic carbocycles. The van der Waals surface area contributed by atoms with Gasteiger partial charge in [-0.05, 0) is 57.7 Å². The van der Waals surface area contributed by atoms with Crippen LogP contribution in [0.2, 0.25) is 0 Å². The second-order valence-electron chi connectivity index (χ2n) is 10.1. The normalized spacial score (nSPS) is 18.1. The van der Waals surface area contributed by atoms with Crippen LogP contribution < -0.4 is 15.2 Å². The Labute approximate surface area is 221 Å². The van der Waals surface area contributed by atoms with Crippen molar-refractivity contribution in [3.8, 4) is 11.6 Å². The van der Waals surface area contributed by atoms with Gasteiger partial charge in [0.15, 0.2) is 6.23 Å². The fourth-order valence-electron chi connectivity index (χ4n) is 4.93. The Balaban J connectivity index is 1.47. The molecule has 4 heterocycles. The molecular weight excluding hydrogens is 522 g/mol. The first-order valence-electron chi connectivity index (χ1n) is 12.5. The summed E-state index contributed by atoms with van der Waals surface area (Å²) in [6.07, 6.45) is 0.0578. The molecule has 2 aromatic heterocycles. The highest BCUT2D eigenvalue weighted by molar-refractivity contribution is 5.55. The van der Waals surface area contributed by atoms with E-state index < -0.39 is 40.7 Å². The quantitative estimate of drug-likeness (QED) is 0.465. The molecule has 2 aliphatic heterocycles. The number of aliphatic hydroxyl groups is 1. The van der Waals surface area contributed by atoms with E-state index in [4.69, 9.17) is 9.47 Å². The van der Waals surface area contributed by atoms with Gasteiger partial charge in [0.2, 0.25) is 5.88 Å². The molecule has 1 N–H and O–H groups in total. The zero-order valence-corrected chi connectivity index (χ0v) is 21.3. The van der Waals surface area contributed by atoms with Gasteiger partial charge in [-0.15, -0.1) is 0 Å². The van der Waals surface area contributed by atoms with Crippen molar-refractivity contribution in [1.29, 1.82) is 0 Å². The Hall–Kier alpha value is -3.58. The van der Waals surface area contributed by atoms with Crippen molar-refractivity contribution in [3.63, 3.8) is 0 Å². The number of aromatic nitrogens is 4. The number of rotatable bonds is 5. The number of halogens is 4. The van der Waals surface area contributed by atoms with E-state index in [9.17, 15) is 27.5 Å². The van der Waals surface area contributed by atoms with Gasteiger partial charge >= 0.3 is 6.18 Å². The molecular formula is C26H27F4N5O4. The Kier molecular flexibility index (Phi) is 7.06. The lowest BCUT2D eigenvalue weighted by Crippen LogP contribution is -2.41. The fraction of sp³-hybridized carbons (Fsp3) is 0.462. The molecule has 208 valence electrons. The van der Waals surface area contributed by atoms with Crippen LogP contribution in [0.15, 0.2) is 35.5 Å². The van der Waals surface area contributed by atoms with Crippen LogP contribution in [0, 0.1) is 5.82 Å². The predicted octanol–water partition coefficient (Wildman–Crippen LogP) is 4.47. The minimum Gasteiger partial charge on any atom is -0.438 e. The van der Waals surface area contributed by atoms with Crippen LogP contribution in [0.1, 0.15) is 61.7 Å². The molecule has 1 atom stereocenters. The molecule has 0 amide bonds. The predicted molar refractivity (Wildman–Crippen MR) is 131 cm³/mol. The molecule has 0 spiro atoms. The standard InChI is InChI=1S/C26H27F4N5O4/c1-25(2,37)22-19(12-33-35(24(22)36)21-5-3-4-10-38-21)34-9-8-16-18(13-34)31-14-32-23(16)39-20-7-6-15(27)11-17(20)26(28,29)30/h6-7,11-12,14,21,37H,3-5,8-10,13H2,1-2H3. The molecule has 1 saturated heterocycles. The van der Waals surface area contributed by atoms with Crippen molar-refractivity contribution < 1.29 is 32.1 Å². The van der Waals surface area contributed by atoms with Gasteiger partial charge < -0.3 is 19.5 Å². The topological polar surface area (TPSA) is 103 Å². The number of fused-ring (bicyclic) bond motifs is 1. The molecule has 0 saturated carbocycles. The molecule has 1 fully saturated rings. The number of hydrogen-bond donors (Lipinski definition) is 1. The Morgan fingerprint density at radius 1 is 1.18 bits per heavy atom. The van der Waals surface area contributed by atoms with E-state index in [1.807, 2.05) is 4.90 Å². The molecule has 0 bridgehead atoms. The number of benzene rings is 1. The van der Waals surface area contributed by atoms with Crippen molar-refractivity contribution in [3.05, 3.63) is 69.3 Å². The molecule has 0 radical (unpaired) electrons. The fourth-order valence-corrected chi connectivity index (χ4v) is 4.93. The van der Waals surface area contributed by atoms with E-state index in [1.165, 1.54) is 31.1 Å². The summed E-state index contributed by atoms with van der Waals surface area (Å²) < 4.78 is 66.5. The maximum Gasteiger partial charge on any atom is 0.420 e.